The Morgan fingerprint density at radius 3 is 1.82 bits per heavy atom. The van der Waals surface area contributed by atoms with Crippen LogP contribution in [0.4, 0.5) is 0 Å². The van der Waals surface area contributed by atoms with Gasteiger partial charge in [-0.05, 0) is 30.9 Å². The van der Waals surface area contributed by atoms with Crippen LogP contribution >= 0.6 is 0 Å². The van der Waals surface area contributed by atoms with Gasteiger partial charge in [0.2, 0.25) is 0 Å². The predicted molar refractivity (Wildman–Crippen MR) is 195 cm³/mol. The molecule has 0 aromatic rings. The number of hydrogen-bond donors (Lipinski definition) is 3. The smallest absolute Gasteiger partial charge is 0.306 e. The molecule has 8 nitrogen and oxygen atoms in total. The van der Waals surface area contributed by atoms with Crippen molar-refractivity contribution in [2.75, 3.05) is 6.61 Å². The molecule has 4 aliphatic carbocycles. The zero-order valence-corrected chi connectivity index (χ0v) is 32.1. The second-order valence-electron chi connectivity index (χ2n) is 16.8. The molecule has 284 valence electrons. The lowest BCUT2D eigenvalue weighted by Gasteiger charge is -2.53. The molecule has 2 fully saturated rings. The Bertz CT molecular complexity index is 1250. The predicted octanol–water partition coefficient (Wildman–Crippen LogP) is 8.09. The van der Waals surface area contributed by atoms with E-state index in [1.165, 1.54) is 51.4 Å². The summed E-state index contributed by atoms with van der Waals surface area (Å²) in [6.45, 7) is 11.4. The molecule has 0 unspecified atom stereocenters. The van der Waals surface area contributed by atoms with Gasteiger partial charge in [-0.1, -0.05) is 137 Å². The fraction of sp³-hybridized carbons (Fsp3) is 0.833. The summed E-state index contributed by atoms with van der Waals surface area (Å²) in [5.41, 5.74) is -4.72. The summed E-state index contributed by atoms with van der Waals surface area (Å²) in [5.74, 6) is -4.11. The molecule has 4 rings (SSSR count). The van der Waals surface area contributed by atoms with E-state index in [4.69, 9.17) is 9.47 Å². The Kier molecular flexibility index (Phi) is 14.0. The highest BCUT2D eigenvalue weighted by Crippen LogP contribution is 2.77. The molecule has 4 aliphatic rings. The molecular formula is C42H68O8. The van der Waals surface area contributed by atoms with E-state index in [0.717, 1.165) is 44.9 Å². The fourth-order valence-electron chi connectivity index (χ4n) is 10.1. The van der Waals surface area contributed by atoms with Crippen molar-refractivity contribution < 1.29 is 39.2 Å². The lowest BCUT2D eigenvalue weighted by Crippen LogP contribution is -2.66. The molecule has 0 aromatic carbocycles. The molecule has 8 heteroatoms. The molecule has 3 N–H and O–H groups in total. The molecule has 0 amide bonds. The van der Waals surface area contributed by atoms with Crippen LogP contribution < -0.4 is 0 Å². The Morgan fingerprint density at radius 2 is 1.30 bits per heavy atom. The van der Waals surface area contributed by atoms with E-state index in [9.17, 15) is 29.7 Å². The van der Waals surface area contributed by atoms with E-state index in [1.54, 1.807) is 19.9 Å². The first-order valence-corrected chi connectivity index (χ1v) is 20.2. The second-order valence-corrected chi connectivity index (χ2v) is 16.8. The molecule has 0 bridgehead atoms. The maximum absolute atomic E-state index is 13.7. The number of ketones is 1. The van der Waals surface area contributed by atoms with E-state index >= 15 is 0 Å². The maximum Gasteiger partial charge on any atom is 0.306 e. The third-order valence-electron chi connectivity index (χ3n) is 13.0. The van der Waals surface area contributed by atoms with E-state index in [-0.39, 0.29) is 37.8 Å². The minimum atomic E-state index is -1.94. The van der Waals surface area contributed by atoms with Crippen molar-refractivity contribution >= 4 is 17.7 Å². The van der Waals surface area contributed by atoms with Gasteiger partial charge in [-0.3, -0.25) is 14.4 Å². The quantitative estimate of drug-likeness (QED) is 0.0622. The number of esters is 2. The number of fused-ring (bicyclic) bond motifs is 5. The summed E-state index contributed by atoms with van der Waals surface area (Å²) in [6, 6.07) is 0. The monoisotopic (exact) mass is 700 g/mol. The average Bonchev–Trinajstić information content (AvgIpc) is 3.50. The van der Waals surface area contributed by atoms with Gasteiger partial charge in [0, 0.05) is 48.3 Å². The van der Waals surface area contributed by atoms with Crippen molar-refractivity contribution in [3.05, 3.63) is 23.3 Å². The first-order valence-electron chi connectivity index (χ1n) is 20.2. The standard InChI is InChI=1S/C42H68O8/c1-7-9-11-13-15-17-19-21-23-34(44)49-38-30(4)41(48)32(26-31(28-43)27-40(47)33(41)25-29(3)37(40)46)36-39(5,6)42(36,38)50-35(45)24-22-20-18-16-14-12-10-8-2/h25-26,30,32-33,36,38,43,47-48H,7-24,27-28H2,1-6H3/t30-,32+,33-,36-,38-,40-,41-,42-/m1/s1. The highest BCUT2D eigenvalue weighted by Gasteiger charge is 2.87. The molecule has 2 saturated carbocycles. The number of Topliss-reactive ketones (excluding diaryl/α,β-unsaturated/α-hetero) is 1. The molecule has 0 aliphatic heterocycles. The summed E-state index contributed by atoms with van der Waals surface area (Å²) in [5, 5.41) is 35.4. The number of carbonyl (C=O) groups is 3. The van der Waals surface area contributed by atoms with Crippen LogP contribution in [-0.2, 0) is 23.9 Å². The van der Waals surface area contributed by atoms with Crippen LogP contribution in [0.1, 0.15) is 164 Å². The van der Waals surface area contributed by atoms with Gasteiger partial charge in [0.1, 0.15) is 11.7 Å². The number of carbonyl (C=O) groups excluding carboxylic acids is 3. The third kappa shape index (κ3) is 7.83. The van der Waals surface area contributed by atoms with Crippen molar-refractivity contribution in [2.24, 2.45) is 29.1 Å². The van der Waals surface area contributed by atoms with Crippen LogP contribution in [-0.4, -0.2) is 62.6 Å². The van der Waals surface area contributed by atoms with Crippen molar-refractivity contribution in [1.82, 2.24) is 0 Å². The highest BCUT2D eigenvalue weighted by molar-refractivity contribution is 6.04. The summed E-state index contributed by atoms with van der Waals surface area (Å²) < 4.78 is 12.9. The molecule has 0 radical (unpaired) electrons. The van der Waals surface area contributed by atoms with Gasteiger partial charge in [0.25, 0.3) is 0 Å². The molecule has 8 atom stereocenters. The number of ether oxygens (including phenoxy) is 2. The summed E-state index contributed by atoms with van der Waals surface area (Å²) in [7, 11) is 0. The number of aliphatic hydroxyl groups excluding tert-OH is 1. The van der Waals surface area contributed by atoms with Crippen molar-refractivity contribution in [2.45, 2.75) is 186 Å². The third-order valence-corrected chi connectivity index (χ3v) is 13.0. The zero-order chi connectivity index (χ0) is 36.7. The Morgan fingerprint density at radius 1 is 0.800 bits per heavy atom. The van der Waals surface area contributed by atoms with Gasteiger partial charge in [0.15, 0.2) is 11.4 Å². The first kappa shape index (κ1) is 40.7. The largest absolute Gasteiger partial charge is 0.458 e. The minimum Gasteiger partial charge on any atom is -0.458 e. The van der Waals surface area contributed by atoms with Gasteiger partial charge in [-0.15, -0.1) is 0 Å². The van der Waals surface area contributed by atoms with Gasteiger partial charge < -0.3 is 24.8 Å². The topological polar surface area (TPSA) is 130 Å². The van der Waals surface area contributed by atoms with Crippen LogP contribution in [0.5, 0.6) is 0 Å². The SMILES string of the molecule is CCCCCCCCCCC(=O)O[C@@H]1[C@@H](C)[C@@]2(O)[C@@H](C=C(CO)C[C@]3(O)C(=O)C(C)=C[C@@H]23)[C@@H]2C(C)(C)[C@]12OC(=O)CCCCCCCCCC. The number of hydrogen-bond acceptors (Lipinski definition) is 8. The second kappa shape index (κ2) is 17.2. The van der Waals surface area contributed by atoms with Crippen molar-refractivity contribution in [3.63, 3.8) is 0 Å². The van der Waals surface area contributed by atoms with Crippen LogP contribution in [0.15, 0.2) is 23.3 Å². The van der Waals surface area contributed by atoms with Gasteiger partial charge in [0.05, 0.1) is 12.2 Å². The van der Waals surface area contributed by atoms with Gasteiger partial charge in [-0.25, -0.2) is 0 Å². The zero-order valence-electron chi connectivity index (χ0n) is 32.1. The van der Waals surface area contributed by atoms with Crippen molar-refractivity contribution in [3.8, 4) is 0 Å². The number of aliphatic hydroxyl groups is 3. The van der Waals surface area contributed by atoms with Crippen molar-refractivity contribution in [1.29, 1.82) is 0 Å². The van der Waals surface area contributed by atoms with Crippen LogP contribution in [0, 0.1) is 29.1 Å². The summed E-state index contributed by atoms with van der Waals surface area (Å²) in [6.07, 6.45) is 20.4. The van der Waals surface area contributed by atoms with Gasteiger partial charge in [-0.2, -0.15) is 0 Å². The Hall–Kier alpha value is -2.03. The Labute approximate surface area is 301 Å². The maximum atomic E-state index is 13.7. The minimum absolute atomic E-state index is 0.104. The Balaban J connectivity index is 1.57. The molecule has 0 heterocycles. The van der Waals surface area contributed by atoms with Crippen LogP contribution in [0.3, 0.4) is 0 Å². The fourth-order valence-corrected chi connectivity index (χ4v) is 10.1. The number of rotatable bonds is 21. The van der Waals surface area contributed by atoms with Crippen LogP contribution in [0.25, 0.3) is 0 Å². The summed E-state index contributed by atoms with van der Waals surface area (Å²) in [4.78, 5) is 40.7. The number of unbranched alkanes of at least 4 members (excludes halogenated alkanes) is 14. The molecule has 0 spiro atoms. The lowest BCUT2D eigenvalue weighted by molar-refractivity contribution is -0.229. The highest BCUT2D eigenvalue weighted by atomic mass is 16.6. The van der Waals surface area contributed by atoms with E-state index in [1.807, 2.05) is 19.9 Å². The lowest BCUT2D eigenvalue weighted by atomic mass is 9.59. The van der Waals surface area contributed by atoms with E-state index in [2.05, 4.69) is 13.8 Å². The molecule has 0 saturated heterocycles. The molecule has 0 aromatic heterocycles. The summed E-state index contributed by atoms with van der Waals surface area (Å²) >= 11 is 0. The van der Waals surface area contributed by atoms with E-state index < -0.39 is 57.8 Å². The molecular weight excluding hydrogens is 632 g/mol. The first-order chi connectivity index (χ1) is 23.8. The molecule has 50 heavy (non-hydrogen) atoms. The van der Waals surface area contributed by atoms with E-state index in [0.29, 0.717) is 17.6 Å². The van der Waals surface area contributed by atoms with Crippen LogP contribution in [0.2, 0.25) is 0 Å². The van der Waals surface area contributed by atoms with Gasteiger partial charge >= 0.3 is 11.9 Å². The normalized spacial score (nSPS) is 33.8. The average molecular weight is 701 g/mol.